The Morgan fingerprint density at radius 3 is 2.78 bits per heavy atom. The van der Waals surface area contributed by atoms with Crippen LogP contribution in [0.5, 0.6) is 0 Å². The molecule has 0 unspecified atom stereocenters. The maximum atomic E-state index is 14.0. The number of halogens is 3. The third kappa shape index (κ3) is 3.15. The molecule has 0 spiro atoms. The van der Waals surface area contributed by atoms with Gasteiger partial charge in [-0.1, -0.05) is 6.07 Å². The van der Waals surface area contributed by atoms with Gasteiger partial charge < -0.3 is 10.6 Å². The highest BCUT2D eigenvalue weighted by atomic mass is 19.2. The molecule has 2 aromatic heterocycles. The lowest BCUT2D eigenvalue weighted by atomic mass is 10.0. The topological polar surface area (TPSA) is 89.9 Å². The number of nitrogen functional groups attached to an aromatic ring is 1. The molecule has 2 aromatic carbocycles. The Morgan fingerprint density at radius 2 is 1.97 bits per heavy atom. The summed E-state index contributed by atoms with van der Waals surface area (Å²) in [5.74, 6) is -3.58. The average Bonchev–Trinajstić information content (AvgIpc) is 3.33. The van der Waals surface area contributed by atoms with Crippen LogP contribution in [0.25, 0.3) is 22.3 Å². The van der Waals surface area contributed by atoms with E-state index in [0.29, 0.717) is 47.3 Å². The molecule has 0 fully saturated rings. The summed E-state index contributed by atoms with van der Waals surface area (Å²) >= 11 is 0. The molecule has 32 heavy (non-hydrogen) atoms. The van der Waals surface area contributed by atoms with Gasteiger partial charge in [-0.25, -0.2) is 27.8 Å². The molecular formula is C22H17F3N6O. The van der Waals surface area contributed by atoms with Gasteiger partial charge in [0.2, 0.25) is 5.91 Å². The van der Waals surface area contributed by atoms with Crippen LogP contribution in [-0.2, 0) is 24.7 Å². The average molecular weight is 438 g/mol. The number of fused-ring (bicyclic) bond motifs is 2. The summed E-state index contributed by atoms with van der Waals surface area (Å²) in [6.45, 7) is 0.380. The van der Waals surface area contributed by atoms with Crippen LogP contribution in [-0.4, -0.2) is 32.2 Å². The van der Waals surface area contributed by atoms with Crippen molar-refractivity contribution in [1.82, 2.24) is 19.7 Å². The van der Waals surface area contributed by atoms with Crippen LogP contribution in [0.15, 0.2) is 36.7 Å². The van der Waals surface area contributed by atoms with Crippen LogP contribution in [0, 0.1) is 17.5 Å². The zero-order valence-electron chi connectivity index (χ0n) is 16.9. The highest BCUT2D eigenvalue weighted by Crippen LogP contribution is 2.35. The summed E-state index contributed by atoms with van der Waals surface area (Å²) in [4.78, 5) is 22.6. The van der Waals surface area contributed by atoms with E-state index in [0.717, 1.165) is 17.2 Å². The van der Waals surface area contributed by atoms with E-state index in [9.17, 15) is 18.0 Å². The molecule has 0 bridgehead atoms. The number of hydrogen-bond acceptors (Lipinski definition) is 5. The van der Waals surface area contributed by atoms with Gasteiger partial charge in [0.25, 0.3) is 0 Å². The Kier molecular flexibility index (Phi) is 4.58. The number of aromatic nitrogens is 4. The lowest BCUT2D eigenvalue weighted by Crippen LogP contribution is -2.30. The number of rotatable bonds is 3. The molecule has 0 saturated heterocycles. The highest BCUT2D eigenvalue weighted by molar-refractivity contribution is 6.00. The van der Waals surface area contributed by atoms with Crippen molar-refractivity contribution in [2.75, 3.05) is 17.2 Å². The van der Waals surface area contributed by atoms with Gasteiger partial charge in [-0.05, 0) is 30.2 Å². The SMILES string of the molecule is Cn1nc(-c2ccc3c(c2)CCN3C(=O)Cc2cc(F)cc(F)c2F)c2c(N)ncnc21. The molecule has 1 aliphatic rings. The first-order valence-electron chi connectivity index (χ1n) is 9.83. The number of nitrogens with zero attached hydrogens (tertiary/aromatic N) is 5. The summed E-state index contributed by atoms with van der Waals surface area (Å²) in [6, 6.07) is 6.79. The van der Waals surface area contributed by atoms with Crippen molar-refractivity contribution in [3.8, 4) is 11.3 Å². The molecule has 0 aliphatic carbocycles. The second-order valence-corrected chi connectivity index (χ2v) is 7.61. The van der Waals surface area contributed by atoms with Crippen molar-refractivity contribution in [1.29, 1.82) is 0 Å². The first-order chi connectivity index (χ1) is 15.3. The smallest absolute Gasteiger partial charge is 0.231 e. The van der Waals surface area contributed by atoms with Gasteiger partial charge in [0.05, 0.1) is 11.8 Å². The van der Waals surface area contributed by atoms with Crippen LogP contribution < -0.4 is 10.6 Å². The summed E-state index contributed by atoms with van der Waals surface area (Å²) in [5.41, 5.74) is 9.33. The molecule has 5 rings (SSSR count). The van der Waals surface area contributed by atoms with E-state index in [-0.39, 0.29) is 5.56 Å². The van der Waals surface area contributed by atoms with Gasteiger partial charge in [0.1, 0.15) is 23.7 Å². The Bertz CT molecular complexity index is 1400. The number of aryl methyl sites for hydroxylation is 1. The number of anilines is 2. The third-order valence-electron chi connectivity index (χ3n) is 5.61. The normalized spacial score (nSPS) is 13.1. The van der Waals surface area contributed by atoms with Crippen LogP contribution in [0.1, 0.15) is 11.1 Å². The maximum absolute atomic E-state index is 14.0. The summed E-state index contributed by atoms with van der Waals surface area (Å²) in [5, 5.41) is 5.17. The lowest BCUT2D eigenvalue weighted by Gasteiger charge is -2.18. The van der Waals surface area contributed by atoms with E-state index in [4.69, 9.17) is 5.73 Å². The third-order valence-corrected chi connectivity index (χ3v) is 5.61. The fourth-order valence-corrected chi connectivity index (χ4v) is 4.12. The number of hydrogen-bond donors (Lipinski definition) is 1. The first-order valence-corrected chi connectivity index (χ1v) is 9.83. The minimum Gasteiger partial charge on any atom is -0.383 e. The van der Waals surface area contributed by atoms with Crippen molar-refractivity contribution < 1.29 is 18.0 Å². The van der Waals surface area contributed by atoms with Crippen LogP contribution in [0.3, 0.4) is 0 Å². The van der Waals surface area contributed by atoms with E-state index in [1.165, 1.54) is 11.2 Å². The van der Waals surface area contributed by atoms with E-state index in [2.05, 4.69) is 15.1 Å². The molecule has 2 N–H and O–H groups in total. The standard InChI is InChI=1S/C22H17F3N6O/c1-30-22-18(21(26)27-10-28-22)20(29-30)12-2-3-16-11(6-12)4-5-31(16)17(32)8-13-7-14(23)9-15(24)19(13)25/h2-3,6-7,9-10H,4-5,8H2,1H3,(H2,26,27,28). The number of carbonyl (C=O) groups excluding carboxylic acids is 1. The maximum Gasteiger partial charge on any atom is 0.231 e. The van der Waals surface area contributed by atoms with Crippen LogP contribution in [0.4, 0.5) is 24.7 Å². The number of carbonyl (C=O) groups is 1. The van der Waals surface area contributed by atoms with Gasteiger partial charge in [-0.2, -0.15) is 5.10 Å². The predicted octanol–water partition coefficient (Wildman–Crippen LogP) is 3.16. The van der Waals surface area contributed by atoms with Gasteiger partial charge >= 0.3 is 0 Å². The quantitative estimate of drug-likeness (QED) is 0.497. The number of amides is 1. The van der Waals surface area contributed by atoms with Crippen molar-refractivity contribution in [2.45, 2.75) is 12.8 Å². The molecule has 1 amide bonds. The lowest BCUT2D eigenvalue weighted by molar-refractivity contribution is -0.117. The molecule has 0 saturated carbocycles. The Morgan fingerprint density at radius 1 is 1.16 bits per heavy atom. The minimum absolute atomic E-state index is 0.312. The fraction of sp³-hybridized carbons (Fsp3) is 0.182. The van der Waals surface area contributed by atoms with E-state index < -0.39 is 29.8 Å². The van der Waals surface area contributed by atoms with Crippen LogP contribution in [0.2, 0.25) is 0 Å². The predicted molar refractivity (Wildman–Crippen MR) is 112 cm³/mol. The second kappa shape index (κ2) is 7.33. The van der Waals surface area contributed by atoms with Crippen molar-refractivity contribution in [2.24, 2.45) is 7.05 Å². The van der Waals surface area contributed by atoms with Gasteiger partial charge in [0, 0.05) is 36.5 Å². The molecule has 0 atom stereocenters. The largest absolute Gasteiger partial charge is 0.383 e. The molecule has 3 heterocycles. The Hall–Kier alpha value is -3.95. The summed E-state index contributed by atoms with van der Waals surface area (Å²) in [6.07, 6.45) is 1.51. The van der Waals surface area contributed by atoms with Gasteiger partial charge in [-0.3, -0.25) is 4.79 Å². The van der Waals surface area contributed by atoms with Gasteiger partial charge in [-0.15, -0.1) is 0 Å². The molecule has 162 valence electrons. The fourth-order valence-electron chi connectivity index (χ4n) is 4.12. The summed E-state index contributed by atoms with van der Waals surface area (Å²) in [7, 11) is 1.76. The van der Waals surface area contributed by atoms with Gasteiger partial charge in [0.15, 0.2) is 17.3 Å². The minimum atomic E-state index is -1.31. The van der Waals surface area contributed by atoms with Crippen molar-refractivity contribution in [3.05, 3.63) is 65.2 Å². The number of benzene rings is 2. The zero-order valence-corrected chi connectivity index (χ0v) is 16.9. The van der Waals surface area contributed by atoms with E-state index in [1.807, 2.05) is 6.07 Å². The summed E-state index contributed by atoms with van der Waals surface area (Å²) < 4.78 is 42.6. The molecule has 7 nitrogen and oxygen atoms in total. The number of nitrogens with two attached hydrogens (primary N) is 1. The molecule has 0 radical (unpaired) electrons. The Balaban J connectivity index is 1.47. The van der Waals surface area contributed by atoms with Crippen molar-refractivity contribution in [3.63, 3.8) is 0 Å². The first kappa shape index (κ1) is 20.0. The monoisotopic (exact) mass is 438 g/mol. The molecular weight excluding hydrogens is 421 g/mol. The van der Waals surface area contributed by atoms with Crippen molar-refractivity contribution >= 4 is 28.4 Å². The molecule has 10 heteroatoms. The highest BCUT2D eigenvalue weighted by Gasteiger charge is 2.27. The Labute approximate surface area is 180 Å². The van der Waals surface area contributed by atoms with E-state index >= 15 is 0 Å². The van der Waals surface area contributed by atoms with E-state index in [1.54, 1.807) is 23.9 Å². The van der Waals surface area contributed by atoms with Crippen LogP contribution >= 0.6 is 0 Å². The second-order valence-electron chi connectivity index (χ2n) is 7.61. The zero-order chi connectivity index (χ0) is 22.6. The molecule has 1 aliphatic heterocycles. The molecule has 4 aromatic rings.